The van der Waals surface area contributed by atoms with Crippen molar-refractivity contribution < 1.29 is 29.6 Å². The van der Waals surface area contributed by atoms with Gasteiger partial charge in [0.05, 0.1) is 6.10 Å². The third kappa shape index (κ3) is 2.91. The zero-order chi connectivity index (χ0) is 12.3. The van der Waals surface area contributed by atoms with Crippen LogP contribution in [0.1, 0.15) is 26.7 Å². The van der Waals surface area contributed by atoms with E-state index in [1.165, 1.54) is 6.92 Å². The Morgan fingerprint density at radius 1 is 1.31 bits per heavy atom. The summed E-state index contributed by atoms with van der Waals surface area (Å²) >= 11 is 0. The highest BCUT2D eigenvalue weighted by atomic mass is 16.7. The monoisotopic (exact) mass is 234 g/mol. The predicted molar refractivity (Wildman–Crippen MR) is 53.4 cm³/mol. The van der Waals surface area contributed by atoms with Crippen molar-refractivity contribution in [3.8, 4) is 0 Å². The molecular formula is C10H18O6. The molecule has 1 heterocycles. The van der Waals surface area contributed by atoms with Crippen molar-refractivity contribution in [2.45, 2.75) is 57.4 Å². The molecule has 6 nitrogen and oxygen atoms in total. The highest BCUT2D eigenvalue weighted by molar-refractivity contribution is 5.69. The lowest BCUT2D eigenvalue weighted by molar-refractivity contribution is -0.282. The van der Waals surface area contributed by atoms with Crippen molar-refractivity contribution in [3.63, 3.8) is 0 Å². The number of esters is 1. The van der Waals surface area contributed by atoms with Gasteiger partial charge in [-0.05, 0) is 13.3 Å². The molecule has 0 aromatic rings. The van der Waals surface area contributed by atoms with Crippen LogP contribution in [0.4, 0.5) is 0 Å². The number of aliphatic hydroxyl groups excluding tert-OH is 3. The quantitative estimate of drug-likeness (QED) is 0.551. The van der Waals surface area contributed by atoms with Crippen molar-refractivity contribution in [3.05, 3.63) is 0 Å². The molecule has 1 aliphatic heterocycles. The van der Waals surface area contributed by atoms with Crippen LogP contribution in [-0.4, -0.2) is 52.0 Å². The summed E-state index contributed by atoms with van der Waals surface area (Å²) in [4.78, 5) is 11.2. The summed E-state index contributed by atoms with van der Waals surface area (Å²) in [5.41, 5.74) is 0. The van der Waals surface area contributed by atoms with Gasteiger partial charge in [0.1, 0.15) is 12.2 Å². The lowest BCUT2D eigenvalue weighted by Gasteiger charge is -2.38. The van der Waals surface area contributed by atoms with E-state index in [9.17, 15) is 20.1 Å². The maximum absolute atomic E-state index is 11.2. The number of aliphatic hydroxyl groups is 3. The summed E-state index contributed by atoms with van der Waals surface area (Å²) in [6.45, 7) is 3.32. The van der Waals surface area contributed by atoms with Crippen molar-refractivity contribution in [2.24, 2.45) is 0 Å². The third-order valence-electron chi connectivity index (χ3n) is 2.52. The third-order valence-corrected chi connectivity index (χ3v) is 2.52. The van der Waals surface area contributed by atoms with Crippen LogP contribution in [-0.2, 0) is 14.3 Å². The highest BCUT2D eigenvalue weighted by Crippen LogP contribution is 2.22. The van der Waals surface area contributed by atoms with Gasteiger partial charge in [-0.1, -0.05) is 6.92 Å². The van der Waals surface area contributed by atoms with Crippen LogP contribution in [0.25, 0.3) is 0 Å². The van der Waals surface area contributed by atoms with Gasteiger partial charge in [0, 0.05) is 6.42 Å². The summed E-state index contributed by atoms with van der Waals surface area (Å²) in [5.74, 6) is -0.532. The molecule has 0 aromatic carbocycles. The molecule has 0 aliphatic carbocycles. The summed E-state index contributed by atoms with van der Waals surface area (Å²) < 4.78 is 9.78. The second kappa shape index (κ2) is 5.58. The molecular weight excluding hydrogens is 216 g/mol. The van der Waals surface area contributed by atoms with Crippen LogP contribution < -0.4 is 0 Å². The van der Waals surface area contributed by atoms with Gasteiger partial charge in [0.25, 0.3) is 0 Å². The molecule has 0 aromatic heterocycles. The molecule has 0 amide bonds. The Morgan fingerprint density at radius 2 is 1.94 bits per heavy atom. The first-order valence-electron chi connectivity index (χ1n) is 5.36. The molecule has 1 fully saturated rings. The van der Waals surface area contributed by atoms with Crippen molar-refractivity contribution in [1.82, 2.24) is 0 Å². The van der Waals surface area contributed by atoms with E-state index in [2.05, 4.69) is 0 Å². The van der Waals surface area contributed by atoms with E-state index in [1.807, 2.05) is 6.92 Å². The Kier molecular flexibility index (Phi) is 4.67. The average Bonchev–Trinajstić information content (AvgIpc) is 2.22. The maximum atomic E-state index is 11.2. The lowest BCUT2D eigenvalue weighted by Crippen LogP contribution is -2.58. The lowest BCUT2D eigenvalue weighted by atomic mass is 10.00. The normalized spacial score (nSPS) is 39.4. The maximum Gasteiger partial charge on any atom is 0.306 e. The van der Waals surface area contributed by atoms with Crippen LogP contribution in [0.15, 0.2) is 0 Å². The van der Waals surface area contributed by atoms with E-state index in [0.717, 1.165) is 0 Å². The van der Waals surface area contributed by atoms with E-state index in [0.29, 0.717) is 6.42 Å². The van der Waals surface area contributed by atoms with E-state index in [1.54, 1.807) is 0 Å². The van der Waals surface area contributed by atoms with Gasteiger partial charge in [0.2, 0.25) is 0 Å². The molecule has 6 heteroatoms. The summed E-state index contributed by atoms with van der Waals surface area (Å²) in [6, 6.07) is 0. The first-order valence-corrected chi connectivity index (χ1v) is 5.36. The predicted octanol–water partition coefficient (Wildman–Crippen LogP) is -0.843. The smallest absolute Gasteiger partial charge is 0.306 e. The molecule has 3 N–H and O–H groups in total. The second-order valence-electron chi connectivity index (χ2n) is 3.92. The molecule has 0 bridgehead atoms. The number of ether oxygens (including phenoxy) is 2. The van der Waals surface area contributed by atoms with Gasteiger partial charge in [0.15, 0.2) is 12.4 Å². The zero-order valence-corrected chi connectivity index (χ0v) is 9.37. The van der Waals surface area contributed by atoms with E-state index < -0.39 is 36.7 Å². The fraction of sp³-hybridized carbons (Fsp3) is 0.900. The molecule has 0 spiro atoms. The topological polar surface area (TPSA) is 96.2 Å². The van der Waals surface area contributed by atoms with Gasteiger partial charge >= 0.3 is 5.97 Å². The van der Waals surface area contributed by atoms with Crippen molar-refractivity contribution >= 4 is 5.97 Å². The fourth-order valence-electron chi connectivity index (χ4n) is 1.56. The average molecular weight is 234 g/mol. The van der Waals surface area contributed by atoms with E-state index >= 15 is 0 Å². The minimum absolute atomic E-state index is 0.196. The summed E-state index contributed by atoms with van der Waals surface area (Å²) in [5, 5.41) is 28.6. The number of hydrogen-bond acceptors (Lipinski definition) is 6. The van der Waals surface area contributed by atoms with Gasteiger partial charge in [-0.25, -0.2) is 0 Å². The molecule has 5 atom stereocenters. The summed E-state index contributed by atoms with van der Waals surface area (Å²) in [6.07, 6.45) is -5.05. The van der Waals surface area contributed by atoms with Crippen LogP contribution in [0.3, 0.4) is 0 Å². The molecule has 0 saturated carbocycles. The largest absolute Gasteiger partial charge is 0.454 e. The van der Waals surface area contributed by atoms with Gasteiger partial charge in [-0.2, -0.15) is 0 Å². The van der Waals surface area contributed by atoms with Crippen molar-refractivity contribution in [1.29, 1.82) is 0 Å². The Labute approximate surface area is 93.8 Å². The molecule has 1 saturated heterocycles. The fourth-order valence-corrected chi connectivity index (χ4v) is 1.56. The minimum Gasteiger partial charge on any atom is -0.454 e. The standard InChI is InChI=1S/C10H18O6/c1-3-4-6(11)16-9-8(13)7(12)5(2)15-10(9)14/h5,7-10,12-14H,3-4H2,1-2H3/t5-,7-,8+,9-,10-/m0/s1. The molecule has 1 aliphatic rings. The first-order chi connectivity index (χ1) is 7.47. The number of carbonyl (C=O) groups is 1. The van der Waals surface area contributed by atoms with Crippen molar-refractivity contribution in [2.75, 3.05) is 0 Å². The minimum atomic E-state index is -1.41. The molecule has 16 heavy (non-hydrogen) atoms. The number of rotatable bonds is 3. The van der Waals surface area contributed by atoms with Gasteiger partial charge in [-0.15, -0.1) is 0 Å². The van der Waals surface area contributed by atoms with Crippen LogP contribution in [0, 0.1) is 0 Å². The SMILES string of the molecule is CCCC(=O)O[C@H]1[C@H](O)[C@@H](O)[C@H](C)O[C@@H]1O. The Balaban J connectivity index is 2.60. The number of hydrogen-bond donors (Lipinski definition) is 3. The van der Waals surface area contributed by atoms with E-state index in [4.69, 9.17) is 9.47 Å². The summed E-state index contributed by atoms with van der Waals surface area (Å²) in [7, 11) is 0. The van der Waals surface area contributed by atoms with Crippen LogP contribution in [0.5, 0.6) is 0 Å². The zero-order valence-electron chi connectivity index (χ0n) is 9.37. The van der Waals surface area contributed by atoms with Gasteiger partial charge in [-0.3, -0.25) is 4.79 Å². The first kappa shape index (κ1) is 13.4. The van der Waals surface area contributed by atoms with Crippen LogP contribution >= 0.6 is 0 Å². The molecule has 0 radical (unpaired) electrons. The molecule has 94 valence electrons. The Bertz CT molecular complexity index is 243. The van der Waals surface area contributed by atoms with Gasteiger partial charge < -0.3 is 24.8 Å². The molecule has 0 unspecified atom stereocenters. The van der Waals surface area contributed by atoms with E-state index in [-0.39, 0.29) is 6.42 Å². The number of carbonyl (C=O) groups excluding carboxylic acids is 1. The Morgan fingerprint density at radius 3 is 2.50 bits per heavy atom. The second-order valence-corrected chi connectivity index (χ2v) is 3.92. The highest BCUT2D eigenvalue weighted by Gasteiger charge is 2.44. The molecule has 1 rings (SSSR count). The Hall–Kier alpha value is -0.690. The van der Waals surface area contributed by atoms with Crippen LogP contribution in [0.2, 0.25) is 0 Å².